The van der Waals surface area contributed by atoms with Crippen molar-refractivity contribution in [2.24, 2.45) is 11.8 Å². The maximum Gasteiger partial charge on any atom is -0.00180 e. The van der Waals surface area contributed by atoms with E-state index in [1.165, 1.54) is 64.3 Å². The van der Waals surface area contributed by atoms with Gasteiger partial charge in [0.05, 0.1) is 0 Å². The number of hydrogen-bond donors (Lipinski definition) is 1. The molecular formula is C15H31N. The third kappa shape index (κ3) is 5.34. The molecule has 96 valence electrons. The third-order valence-electron chi connectivity index (χ3n) is 4.15. The van der Waals surface area contributed by atoms with Gasteiger partial charge in [-0.05, 0) is 31.3 Å². The van der Waals surface area contributed by atoms with Crippen LogP contribution in [-0.2, 0) is 0 Å². The predicted octanol–water partition coefficient (Wildman–Crippen LogP) is 4.37. The fraction of sp³-hybridized carbons (Fsp3) is 1.00. The van der Waals surface area contributed by atoms with E-state index in [1.54, 1.807) is 0 Å². The van der Waals surface area contributed by atoms with Gasteiger partial charge >= 0.3 is 0 Å². The smallest absolute Gasteiger partial charge is 0.00180 e. The van der Waals surface area contributed by atoms with E-state index in [2.05, 4.69) is 19.2 Å². The summed E-state index contributed by atoms with van der Waals surface area (Å²) in [5.41, 5.74) is 0. The largest absolute Gasteiger partial charge is 0.317 e. The molecule has 1 fully saturated rings. The molecule has 1 rings (SSSR count). The van der Waals surface area contributed by atoms with Crippen molar-refractivity contribution in [2.75, 3.05) is 13.1 Å². The van der Waals surface area contributed by atoms with Gasteiger partial charge in [-0.25, -0.2) is 0 Å². The van der Waals surface area contributed by atoms with E-state index in [9.17, 15) is 0 Å². The zero-order valence-electron chi connectivity index (χ0n) is 11.4. The first-order valence-electron chi connectivity index (χ1n) is 7.59. The SMILES string of the molecule is CCCCCCC1CCCCC1CNCC. The van der Waals surface area contributed by atoms with Crippen LogP contribution >= 0.6 is 0 Å². The predicted molar refractivity (Wildman–Crippen MR) is 72.8 cm³/mol. The molecule has 0 saturated heterocycles. The molecule has 1 aliphatic carbocycles. The molecule has 0 radical (unpaired) electrons. The number of nitrogens with one attached hydrogen (secondary N) is 1. The molecule has 1 nitrogen and oxygen atoms in total. The van der Waals surface area contributed by atoms with Crippen molar-refractivity contribution in [3.05, 3.63) is 0 Å². The molecule has 0 aliphatic heterocycles. The van der Waals surface area contributed by atoms with E-state index < -0.39 is 0 Å². The molecule has 0 heterocycles. The molecule has 1 N–H and O–H groups in total. The van der Waals surface area contributed by atoms with E-state index in [1.807, 2.05) is 0 Å². The molecule has 2 unspecified atom stereocenters. The second kappa shape index (κ2) is 9.04. The van der Waals surface area contributed by atoms with E-state index in [0.29, 0.717) is 0 Å². The lowest BCUT2D eigenvalue weighted by atomic mass is 9.76. The average Bonchev–Trinajstić information content (AvgIpc) is 2.33. The van der Waals surface area contributed by atoms with E-state index >= 15 is 0 Å². The fourth-order valence-electron chi connectivity index (χ4n) is 3.10. The summed E-state index contributed by atoms with van der Waals surface area (Å²) in [5, 5.41) is 3.55. The Balaban J connectivity index is 2.18. The number of hydrogen-bond acceptors (Lipinski definition) is 1. The van der Waals surface area contributed by atoms with Gasteiger partial charge in [-0.3, -0.25) is 0 Å². The highest BCUT2D eigenvalue weighted by Gasteiger charge is 2.23. The van der Waals surface area contributed by atoms with Gasteiger partial charge in [-0.2, -0.15) is 0 Å². The second-order valence-corrected chi connectivity index (χ2v) is 5.46. The minimum Gasteiger partial charge on any atom is -0.317 e. The summed E-state index contributed by atoms with van der Waals surface area (Å²) in [7, 11) is 0. The average molecular weight is 225 g/mol. The Morgan fingerprint density at radius 2 is 1.69 bits per heavy atom. The van der Waals surface area contributed by atoms with Crippen molar-refractivity contribution >= 4 is 0 Å². The Bertz CT molecular complexity index is 156. The first-order valence-corrected chi connectivity index (χ1v) is 7.59. The Hall–Kier alpha value is -0.0400. The van der Waals surface area contributed by atoms with Gasteiger partial charge in [-0.1, -0.05) is 65.2 Å². The zero-order chi connectivity index (χ0) is 11.6. The summed E-state index contributed by atoms with van der Waals surface area (Å²) >= 11 is 0. The molecule has 1 saturated carbocycles. The fourth-order valence-corrected chi connectivity index (χ4v) is 3.10. The molecule has 0 aromatic rings. The Morgan fingerprint density at radius 3 is 2.38 bits per heavy atom. The van der Waals surface area contributed by atoms with E-state index in [-0.39, 0.29) is 0 Å². The van der Waals surface area contributed by atoms with Gasteiger partial charge in [0.1, 0.15) is 0 Å². The van der Waals surface area contributed by atoms with Crippen molar-refractivity contribution in [3.63, 3.8) is 0 Å². The summed E-state index contributed by atoms with van der Waals surface area (Å²) in [6.45, 7) is 6.93. The van der Waals surface area contributed by atoms with Gasteiger partial charge in [0, 0.05) is 0 Å². The maximum atomic E-state index is 3.55. The number of rotatable bonds is 8. The summed E-state index contributed by atoms with van der Waals surface area (Å²) in [6.07, 6.45) is 13.2. The molecule has 0 amide bonds. The molecule has 0 aromatic carbocycles. The van der Waals surface area contributed by atoms with Crippen molar-refractivity contribution in [1.29, 1.82) is 0 Å². The quantitative estimate of drug-likeness (QED) is 0.605. The first-order chi connectivity index (χ1) is 7.88. The summed E-state index contributed by atoms with van der Waals surface area (Å²) in [5.74, 6) is 2.01. The molecule has 16 heavy (non-hydrogen) atoms. The van der Waals surface area contributed by atoms with Crippen molar-refractivity contribution < 1.29 is 0 Å². The lowest BCUT2D eigenvalue weighted by molar-refractivity contribution is 0.214. The van der Waals surface area contributed by atoms with Crippen molar-refractivity contribution in [2.45, 2.75) is 71.6 Å². The molecule has 0 bridgehead atoms. The molecule has 1 heteroatoms. The topological polar surface area (TPSA) is 12.0 Å². The van der Waals surface area contributed by atoms with Crippen LogP contribution in [0.5, 0.6) is 0 Å². The standard InChI is InChI=1S/C15H31N/c1-3-5-6-7-10-14-11-8-9-12-15(14)13-16-4-2/h14-16H,3-13H2,1-2H3. The van der Waals surface area contributed by atoms with Gasteiger partial charge in [-0.15, -0.1) is 0 Å². The lowest BCUT2D eigenvalue weighted by Gasteiger charge is -2.31. The highest BCUT2D eigenvalue weighted by molar-refractivity contribution is 4.77. The van der Waals surface area contributed by atoms with Crippen LogP contribution < -0.4 is 5.32 Å². The van der Waals surface area contributed by atoms with Crippen molar-refractivity contribution in [3.8, 4) is 0 Å². The summed E-state index contributed by atoms with van der Waals surface area (Å²) in [4.78, 5) is 0. The minimum absolute atomic E-state index is 0.982. The molecule has 1 aliphatic rings. The summed E-state index contributed by atoms with van der Waals surface area (Å²) < 4.78 is 0. The molecule has 0 aromatic heterocycles. The summed E-state index contributed by atoms with van der Waals surface area (Å²) in [6, 6.07) is 0. The zero-order valence-corrected chi connectivity index (χ0v) is 11.4. The van der Waals surface area contributed by atoms with Crippen LogP contribution in [0.4, 0.5) is 0 Å². The van der Waals surface area contributed by atoms with Crippen LogP contribution in [0.25, 0.3) is 0 Å². The highest BCUT2D eigenvalue weighted by atomic mass is 14.8. The normalized spacial score (nSPS) is 25.9. The second-order valence-electron chi connectivity index (χ2n) is 5.46. The Kier molecular flexibility index (Phi) is 7.92. The van der Waals surface area contributed by atoms with Gasteiger partial charge in [0.25, 0.3) is 0 Å². The van der Waals surface area contributed by atoms with Crippen LogP contribution in [0.1, 0.15) is 71.6 Å². The third-order valence-corrected chi connectivity index (χ3v) is 4.15. The molecule has 0 spiro atoms. The molecule has 2 atom stereocenters. The highest BCUT2D eigenvalue weighted by Crippen LogP contribution is 2.33. The van der Waals surface area contributed by atoms with E-state index in [0.717, 1.165) is 18.4 Å². The van der Waals surface area contributed by atoms with Crippen LogP contribution in [0, 0.1) is 11.8 Å². The van der Waals surface area contributed by atoms with Gasteiger partial charge in [0.2, 0.25) is 0 Å². The monoisotopic (exact) mass is 225 g/mol. The van der Waals surface area contributed by atoms with Gasteiger partial charge < -0.3 is 5.32 Å². The first kappa shape index (κ1) is 14.0. The Morgan fingerprint density at radius 1 is 0.938 bits per heavy atom. The van der Waals surface area contributed by atoms with Crippen LogP contribution in [-0.4, -0.2) is 13.1 Å². The Labute approximate surface area is 102 Å². The molecular weight excluding hydrogens is 194 g/mol. The van der Waals surface area contributed by atoms with Crippen LogP contribution in [0.2, 0.25) is 0 Å². The van der Waals surface area contributed by atoms with E-state index in [4.69, 9.17) is 0 Å². The minimum atomic E-state index is 0.982. The van der Waals surface area contributed by atoms with Crippen LogP contribution in [0.15, 0.2) is 0 Å². The lowest BCUT2D eigenvalue weighted by Crippen LogP contribution is -2.30. The van der Waals surface area contributed by atoms with Crippen LogP contribution in [0.3, 0.4) is 0 Å². The van der Waals surface area contributed by atoms with Gasteiger partial charge in [0.15, 0.2) is 0 Å². The number of unbranched alkanes of at least 4 members (excludes halogenated alkanes) is 3. The maximum absolute atomic E-state index is 3.55. The van der Waals surface area contributed by atoms with Crippen molar-refractivity contribution in [1.82, 2.24) is 5.32 Å².